The summed E-state index contributed by atoms with van der Waals surface area (Å²) < 4.78 is 32.2. The fourth-order valence-electron chi connectivity index (χ4n) is 2.50. The zero-order valence-electron chi connectivity index (χ0n) is 14.1. The van der Waals surface area contributed by atoms with Crippen LogP contribution in [0.25, 0.3) is 4.91 Å². The van der Waals surface area contributed by atoms with Crippen LogP contribution in [0.3, 0.4) is 0 Å². The lowest BCUT2D eigenvalue weighted by molar-refractivity contribution is -0.136. The molecule has 9 heteroatoms. The van der Waals surface area contributed by atoms with Crippen LogP contribution in [0.5, 0.6) is 0 Å². The van der Waals surface area contributed by atoms with Gasteiger partial charge in [-0.3, -0.25) is 4.79 Å². The number of ether oxygens (including phenoxy) is 1. The summed E-state index contributed by atoms with van der Waals surface area (Å²) in [4.78, 5) is 22.9. The molecule has 0 spiro atoms. The fraction of sp³-hybridized carbons (Fsp3) is 0.375. The van der Waals surface area contributed by atoms with E-state index in [1.54, 1.807) is 45.0 Å². The molecule has 25 heavy (non-hydrogen) atoms. The summed E-state index contributed by atoms with van der Waals surface area (Å²) in [5.41, 5.74) is 0.00329. The van der Waals surface area contributed by atoms with E-state index in [1.165, 1.54) is 0 Å². The first-order chi connectivity index (χ1) is 11.6. The van der Waals surface area contributed by atoms with E-state index in [9.17, 15) is 18.0 Å². The van der Waals surface area contributed by atoms with E-state index in [0.717, 1.165) is 0 Å². The minimum atomic E-state index is -3.76. The predicted molar refractivity (Wildman–Crippen MR) is 94.3 cm³/mol. The maximum absolute atomic E-state index is 12.5. The first-order valence-electron chi connectivity index (χ1n) is 7.59. The zero-order valence-corrected chi connectivity index (χ0v) is 15.6. The number of halogens is 1. The van der Waals surface area contributed by atoms with Crippen molar-refractivity contribution in [1.82, 2.24) is 10.0 Å². The molecule has 0 fully saturated rings. The Hall–Kier alpha value is -1.90. The van der Waals surface area contributed by atoms with E-state index in [1.807, 2.05) is 0 Å². The number of amides is 1. The topological polar surface area (TPSA) is 102 Å². The molecule has 0 saturated heterocycles. The minimum Gasteiger partial charge on any atom is -0.376 e. The highest BCUT2D eigenvalue weighted by Crippen LogP contribution is 2.37. The number of nitrogens with one attached hydrogen (secondary N) is 2. The molecule has 2 rings (SSSR count). The maximum Gasteiger partial charge on any atom is 0.415 e. The third-order valence-electron chi connectivity index (χ3n) is 3.70. The van der Waals surface area contributed by atoms with E-state index < -0.39 is 27.6 Å². The van der Waals surface area contributed by atoms with Gasteiger partial charge in [0.05, 0.1) is 10.4 Å². The van der Waals surface area contributed by atoms with Crippen molar-refractivity contribution in [3.63, 3.8) is 0 Å². The van der Waals surface area contributed by atoms with Gasteiger partial charge in [-0.1, -0.05) is 30.7 Å². The van der Waals surface area contributed by atoms with E-state index in [-0.39, 0.29) is 17.9 Å². The summed E-state index contributed by atoms with van der Waals surface area (Å²) in [5, 5.41) is 2.90. The lowest BCUT2D eigenvalue weighted by Gasteiger charge is -2.21. The number of esters is 1. The Bertz CT molecular complexity index is 829. The molecule has 136 valence electrons. The summed E-state index contributed by atoms with van der Waals surface area (Å²) in [6, 6.07) is 6.36. The maximum atomic E-state index is 12.5. The largest absolute Gasteiger partial charge is 0.415 e. The number of carbonyl (C=O) groups is 2. The van der Waals surface area contributed by atoms with Crippen LogP contribution in [0, 0.1) is 0 Å². The van der Waals surface area contributed by atoms with Crippen molar-refractivity contribution in [3.05, 3.63) is 40.4 Å². The second-order valence-electron chi connectivity index (χ2n) is 6.01. The summed E-state index contributed by atoms with van der Waals surface area (Å²) in [7, 11) is -3.76. The highest BCUT2D eigenvalue weighted by atomic mass is 35.5. The Morgan fingerprint density at radius 3 is 2.40 bits per heavy atom. The molecule has 1 aromatic carbocycles. The van der Waals surface area contributed by atoms with Crippen molar-refractivity contribution < 1.29 is 22.7 Å². The number of rotatable bonds is 4. The summed E-state index contributed by atoms with van der Waals surface area (Å²) >= 11 is 5.86. The fourth-order valence-corrected chi connectivity index (χ4v) is 4.62. The van der Waals surface area contributed by atoms with Crippen LogP contribution in [-0.4, -0.2) is 32.6 Å². The van der Waals surface area contributed by atoms with Crippen molar-refractivity contribution >= 4 is 38.6 Å². The Kier molecular flexibility index (Phi) is 5.55. The van der Waals surface area contributed by atoms with Gasteiger partial charge in [-0.25, -0.2) is 17.9 Å². The smallest absolute Gasteiger partial charge is 0.376 e. The van der Waals surface area contributed by atoms with Gasteiger partial charge in [0.15, 0.2) is 0 Å². The molecule has 1 aliphatic heterocycles. The normalized spacial score (nSPS) is 18.1. The van der Waals surface area contributed by atoms with E-state index in [2.05, 4.69) is 14.8 Å². The molecule has 0 unspecified atom stereocenters. The Morgan fingerprint density at radius 2 is 1.84 bits per heavy atom. The average Bonchev–Trinajstić information content (AvgIpc) is 2.69. The predicted octanol–water partition coefficient (Wildman–Crippen LogP) is 2.43. The number of alkyl carbamates (subject to hydrolysis) is 1. The molecule has 7 nitrogen and oxygen atoms in total. The van der Waals surface area contributed by atoms with Crippen molar-refractivity contribution in [2.24, 2.45) is 0 Å². The van der Waals surface area contributed by atoms with Crippen LogP contribution >= 0.6 is 11.6 Å². The lowest BCUT2D eigenvalue weighted by Crippen LogP contribution is -2.41. The zero-order chi connectivity index (χ0) is 18.8. The molecule has 1 amide bonds. The minimum absolute atomic E-state index is 0.0631. The highest BCUT2D eigenvalue weighted by molar-refractivity contribution is 7.99. The van der Waals surface area contributed by atoms with Gasteiger partial charge < -0.3 is 10.1 Å². The van der Waals surface area contributed by atoms with E-state index in [4.69, 9.17) is 11.6 Å². The SMILES string of the molecule is CCC(=O)OC(=O)NCC1=C(c2ccc(Cl)cc2)S(=O)(=O)NC1(C)C. The summed E-state index contributed by atoms with van der Waals surface area (Å²) in [5.74, 6) is -0.666. The van der Waals surface area contributed by atoms with Gasteiger partial charge in [-0.2, -0.15) is 0 Å². The number of benzene rings is 1. The van der Waals surface area contributed by atoms with Crippen LogP contribution in [0.1, 0.15) is 32.8 Å². The van der Waals surface area contributed by atoms with Crippen LogP contribution in [0.2, 0.25) is 5.02 Å². The van der Waals surface area contributed by atoms with Crippen LogP contribution in [0.4, 0.5) is 4.79 Å². The number of hydrogen-bond acceptors (Lipinski definition) is 5. The van der Waals surface area contributed by atoms with Gasteiger partial charge in [0.2, 0.25) is 10.0 Å². The van der Waals surface area contributed by atoms with E-state index in [0.29, 0.717) is 16.2 Å². The summed E-state index contributed by atoms with van der Waals surface area (Å²) in [6.07, 6.45) is -0.858. The van der Waals surface area contributed by atoms with Gasteiger partial charge in [-0.15, -0.1) is 0 Å². The lowest BCUT2D eigenvalue weighted by atomic mass is 9.93. The van der Waals surface area contributed by atoms with Crippen molar-refractivity contribution in [2.75, 3.05) is 6.54 Å². The Morgan fingerprint density at radius 1 is 1.24 bits per heavy atom. The molecule has 0 aromatic heterocycles. The highest BCUT2D eigenvalue weighted by Gasteiger charge is 2.42. The third-order valence-corrected chi connectivity index (χ3v) is 5.75. The molecule has 0 atom stereocenters. The number of sulfonamides is 1. The molecular weight excluding hydrogens is 368 g/mol. The van der Waals surface area contributed by atoms with Gasteiger partial charge in [0, 0.05) is 18.0 Å². The number of carbonyl (C=O) groups excluding carboxylic acids is 2. The second kappa shape index (κ2) is 7.15. The molecule has 1 heterocycles. The Labute approximate surface area is 151 Å². The molecule has 0 bridgehead atoms. The molecule has 0 saturated carbocycles. The monoisotopic (exact) mass is 386 g/mol. The standard InChI is InChI=1S/C16H19ClN2O5S/c1-4-13(20)24-15(21)18-9-12-14(10-5-7-11(17)8-6-10)25(22,23)19-16(12,2)3/h5-8,19H,4,9H2,1-3H3,(H,18,21). The molecule has 2 N–H and O–H groups in total. The molecule has 0 radical (unpaired) electrons. The first kappa shape index (κ1) is 19.4. The molecule has 0 aliphatic carbocycles. The molecular formula is C16H19ClN2O5S. The van der Waals surface area contributed by atoms with E-state index >= 15 is 0 Å². The van der Waals surface area contributed by atoms with Crippen LogP contribution in [-0.2, 0) is 19.6 Å². The van der Waals surface area contributed by atoms with Gasteiger partial charge >= 0.3 is 12.1 Å². The van der Waals surface area contributed by atoms with Gasteiger partial charge in [0.1, 0.15) is 0 Å². The Balaban J connectivity index is 2.37. The first-order valence-corrected chi connectivity index (χ1v) is 9.45. The average molecular weight is 387 g/mol. The van der Waals surface area contributed by atoms with Crippen molar-refractivity contribution in [3.8, 4) is 0 Å². The van der Waals surface area contributed by atoms with Crippen molar-refractivity contribution in [1.29, 1.82) is 0 Å². The van der Waals surface area contributed by atoms with Gasteiger partial charge in [-0.05, 0) is 37.1 Å². The van der Waals surface area contributed by atoms with Crippen LogP contribution in [0.15, 0.2) is 29.8 Å². The molecule has 1 aliphatic rings. The summed E-state index contributed by atoms with van der Waals surface area (Å²) in [6.45, 7) is 4.85. The quantitative estimate of drug-likeness (QED) is 0.611. The van der Waals surface area contributed by atoms with Crippen LogP contribution < -0.4 is 10.0 Å². The van der Waals surface area contributed by atoms with Crippen molar-refractivity contribution in [2.45, 2.75) is 32.7 Å². The third kappa shape index (κ3) is 4.39. The molecule has 1 aromatic rings. The van der Waals surface area contributed by atoms with Gasteiger partial charge in [0.25, 0.3) is 0 Å². The second-order valence-corrected chi connectivity index (χ2v) is 8.07. The number of hydrogen-bond donors (Lipinski definition) is 2.